The average molecular weight is 231 g/mol. The van der Waals surface area contributed by atoms with Crippen LogP contribution in [0.5, 0.6) is 0 Å². The fourth-order valence-electron chi connectivity index (χ4n) is 2.01. The van der Waals surface area contributed by atoms with E-state index in [1.807, 2.05) is 18.5 Å². The molecule has 17 heavy (non-hydrogen) atoms. The molecule has 0 atom stereocenters. The van der Waals surface area contributed by atoms with Gasteiger partial charge in [0.15, 0.2) is 0 Å². The molecule has 2 aromatic rings. The predicted molar refractivity (Wildman–Crippen MR) is 65.5 cm³/mol. The number of nitrogens with one attached hydrogen (secondary N) is 1. The Morgan fingerprint density at radius 1 is 1.53 bits per heavy atom. The van der Waals surface area contributed by atoms with Crippen LogP contribution in [0.1, 0.15) is 25.5 Å². The Morgan fingerprint density at radius 3 is 3.18 bits per heavy atom. The number of rotatable bonds is 5. The van der Waals surface area contributed by atoms with Crippen molar-refractivity contribution in [1.29, 1.82) is 0 Å². The van der Waals surface area contributed by atoms with Crippen molar-refractivity contribution in [2.75, 3.05) is 0 Å². The fraction of sp³-hybridized carbons (Fsp3) is 0.462. The minimum absolute atomic E-state index is 0.693. The summed E-state index contributed by atoms with van der Waals surface area (Å²) in [6.07, 6.45) is 8.16. The first kappa shape index (κ1) is 10.6. The molecule has 3 rings (SSSR count). The van der Waals surface area contributed by atoms with Gasteiger partial charge in [-0.25, -0.2) is 4.98 Å². The fourth-order valence-corrected chi connectivity index (χ4v) is 2.01. The van der Waals surface area contributed by atoms with Gasteiger partial charge >= 0.3 is 0 Å². The quantitative estimate of drug-likeness (QED) is 0.859. The molecule has 0 spiro atoms. The van der Waals surface area contributed by atoms with Crippen LogP contribution in [-0.2, 0) is 13.1 Å². The van der Waals surface area contributed by atoms with Gasteiger partial charge < -0.3 is 14.3 Å². The van der Waals surface area contributed by atoms with Crippen molar-refractivity contribution in [2.45, 2.75) is 38.9 Å². The number of nitrogens with zero attached hydrogens (tertiary/aromatic N) is 2. The van der Waals surface area contributed by atoms with Crippen LogP contribution in [0.3, 0.4) is 0 Å². The maximum atomic E-state index is 5.55. The van der Waals surface area contributed by atoms with E-state index in [9.17, 15) is 0 Å². The molecule has 0 radical (unpaired) electrons. The molecule has 0 aliphatic heterocycles. The first-order valence-corrected chi connectivity index (χ1v) is 6.19. The zero-order chi connectivity index (χ0) is 11.7. The molecular weight excluding hydrogens is 214 g/mol. The molecule has 1 N–H and O–H groups in total. The summed E-state index contributed by atoms with van der Waals surface area (Å²) < 4.78 is 7.68. The number of furan rings is 1. The molecule has 90 valence electrons. The van der Waals surface area contributed by atoms with Gasteiger partial charge in [0.2, 0.25) is 0 Å². The van der Waals surface area contributed by atoms with E-state index < -0.39 is 0 Å². The van der Waals surface area contributed by atoms with E-state index >= 15 is 0 Å². The predicted octanol–water partition coefficient (Wildman–Crippen LogP) is 2.42. The summed E-state index contributed by atoms with van der Waals surface area (Å²) >= 11 is 0. The van der Waals surface area contributed by atoms with Crippen LogP contribution in [0, 0.1) is 0 Å². The van der Waals surface area contributed by atoms with Crippen LogP contribution >= 0.6 is 0 Å². The number of imidazole rings is 1. The Labute approximate surface area is 101 Å². The highest BCUT2D eigenvalue weighted by Gasteiger charge is 2.22. The number of aromatic nitrogens is 2. The van der Waals surface area contributed by atoms with Gasteiger partial charge in [0, 0.05) is 25.0 Å². The van der Waals surface area contributed by atoms with E-state index in [1.54, 1.807) is 6.26 Å². The Kier molecular flexibility index (Phi) is 2.73. The van der Waals surface area contributed by atoms with Gasteiger partial charge in [-0.3, -0.25) is 0 Å². The molecule has 4 heteroatoms. The highest BCUT2D eigenvalue weighted by Crippen LogP contribution is 2.25. The average Bonchev–Trinajstić information content (AvgIpc) is 2.89. The van der Waals surface area contributed by atoms with E-state index in [0.717, 1.165) is 30.2 Å². The third-order valence-electron chi connectivity index (χ3n) is 3.17. The zero-order valence-electron chi connectivity index (χ0n) is 10.0. The normalized spacial score (nSPS) is 15.4. The molecular formula is C13H17N3O. The van der Waals surface area contributed by atoms with E-state index in [2.05, 4.69) is 21.8 Å². The van der Waals surface area contributed by atoms with Crippen LogP contribution in [0.2, 0.25) is 0 Å². The molecule has 1 saturated carbocycles. The summed E-state index contributed by atoms with van der Waals surface area (Å²) in [4.78, 5) is 4.41. The number of hydrogen-bond donors (Lipinski definition) is 1. The first-order chi connectivity index (χ1) is 8.38. The van der Waals surface area contributed by atoms with Crippen molar-refractivity contribution in [3.8, 4) is 11.4 Å². The SMILES string of the molecule is CCn1ccnc1-c1ccoc1CNC1CC1. The number of hydrogen-bond acceptors (Lipinski definition) is 3. The van der Waals surface area contributed by atoms with Gasteiger partial charge in [-0.1, -0.05) is 0 Å². The molecule has 4 nitrogen and oxygen atoms in total. The summed E-state index contributed by atoms with van der Waals surface area (Å²) in [5.41, 5.74) is 1.10. The molecule has 0 amide bonds. The van der Waals surface area contributed by atoms with Crippen LogP contribution in [0.4, 0.5) is 0 Å². The topological polar surface area (TPSA) is 43.0 Å². The van der Waals surface area contributed by atoms with Gasteiger partial charge in [-0.15, -0.1) is 0 Å². The minimum atomic E-state index is 0.693. The number of aryl methyl sites for hydroxylation is 1. The summed E-state index contributed by atoms with van der Waals surface area (Å²) in [7, 11) is 0. The van der Waals surface area contributed by atoms with Crippen LogP contribution in [0.15, 0.2) is 29.1 Å². The van der Waals surface area contributed by atoms with E-state index in [0.29, 0.717) is 6.04 Å². The lowest BCUT2D eigenvalue weighted by Crippen LogP contribution is -2.15. The first-order valence-electron chi connectivity index (χ1n) is 6.19. The molecule has 1 aliphatic rings. The highest BCUT2D eigenvalue weighted by molar-refractivity contribution is 5.57. The van der Waals surface area contributed by atoms with Crippen molar-refractivity contribution in [1.82, 2.24) is 14.9 Å². The molecule has 0 bridgehead atoms. The van der Waals surface area contributed by atoms with Gasteiger partial charge in [0.05, 0.1) is 18.4 Å². The van der Waals surface area contributed by atoms with Crippen molar-refractivity contribution < 1.29 is 4.42 Å². The maximum Gasteiger partial charge on any atom is 0.143 e. The van der Waals surface area contributed by atoms with Crippen molar-refractivity contribution >= 4 is 0 Å². The second-order valence-corrected chi connectivity index (χ2v) is 4.45. The summed E-state index contributed by atoms with van der Waals surface area (Å²) in [6.45, 7) is 3.84. The molecule has 0 saturated heterocycles. The Hall–Kier alpha value is -1.55. The van der Waals surface area contributed by atoms with Crippen molar-refractivity contribution in [3.05, 3.63) is 30.5 Å². The van der Waals surface area contributed by atoms with E-state index in [4.69, 9.17) is 4.42 Å². The van der Waals surface area contributed by atoms with Gasteiger partial charge in [0.25, 0.3) is 0 Å². The summed E-state index contributed by atoms with van der Waals surface area (Å²) in [5.74, 6) is 1.98. The summed E-state index contributed by atoms with van der Waals surface area (Å²) in [6, 6.07) is 2.69. The molecule has 2 aromatic heterocycles. The Morgan fingerprint density at radius 2 is 2.41 bits per heavy atom. The smallest absolute Gasteiger partial charge is 0.143 e. The lowest BCUT2D eigenvalue weighted by Gasteiger charge is -2.05. The van der Waals surface area contributed by atoms with Gasteiger partial charge in [-0.2, -0.15) is 0 Å². The summed E-state index contributed by atoms with van der Waals surface area (Å²) in [5, 5.41) is 3.47. The molecule has 1 fully saturated rings. The lowest BCUT2D eigenvalue weighted by atomic mass is 10.2. The van der Waals surface area contributed by atoms with Crippen LogP contribution in [-0.4, -0.2) is 15.6 Å². The second-order valence-electron chi connectivity index (χ2n) is 4.45. The molecule has 2 heterocycles. The molecule has 0 aromatic carbocycles. The third kappa shape index (κ3) is 2.13. The largest absolute Gasteiger partial charge is 0.467 e. The molecule has 0 unspecified atom stereocenters. The van der Waals surface area contributed by atoms with Crippen molar-refractivity contribution in [2.24, 2.45) is 0 Å². The van der Waals surface area contributed by atoms with Gasteiger partial charge in [-0.05, 0) is 25.8 Å². The monoisotopic (exact) mass is 231 g/mol. The van der Waals surface area contributed by atoms with Crippen LogP contribution in [0.25, 0.3) is 11.4 Å². The minimum Gasteiger partial charge on any atom is -0.467 e. The Bertz CT molecular complexity index is 496. The highest BCUT2D eigenvalue weighted by atomic mass is 16.3. The van der Waals surface area contributed by atoms with Gasteiger partial charge in [0.1, 0.15) is 11.6 Å². The van der Waals surface area contributed by atoms with E-state index in [1.165, 1.54) is 12.8 Å². The zero-order valence-corrected chi connectivity index (χ0v) is 10.0. The maximum absolute atomic E-state index is 5.55. The lowest BCUT2D eigenvalue weighted by molar-refractivity contribution is 0.483. The molecule has 1 aliphatic carbocycles. The second kappa shape index (κ2) is 4.37. The Balaban J connectivity index is 1.83. The third-order valence-corrected chi connectivity index (χ3v) is 3.17. The van der Waals surface area contributed by atoms with Crippen molar-refractivity contribution in [3.63, 3.8) is 0 Å². The van der Waals surface area contributed by atoms with E-state index in [-0.39, 0.29) is 0 Å². The van der Waals surface area contributed by atoms with Crippen LogP contribution < -0.4 is 5.32 Å². The standard InChI is InChI=1S/C13H17N3O/c1-2-16-7-6-14-13(16)11-5-8-17-12(11)9-15-10-3-4-10/h5-8,10,15H,2-4,9H2,1H3.